The van der Waals surface area contributed by atoms with Crippen molar-refractivity contribution >= 4 is 18.2 Å². The highest BCUT2D eigenvalue weighted by molar-refractivity contribution is 5.94. The van der Waals surface area contributed by atoms with E-state index in [1.807, 2.05) is 26.8 Å². The van der Waals surface area contributed by atoms with Crippen molar-refractivity contribution in [2.75, 3.05) is 0 Å². The van der Waals surface area contributed by atoms with Gasteiger partial charge in [0.2, 0.25) is 6.29 Å². The molecule has 0 saturated heterocycles. The van der Waals surface area contributed by atoms with E-state index in [1.165, 1.54) is 0 Å². The van der Waals surface area contributed by atoms with Crippen LogP contribution in [0.15, 0.2) is 11.6 Å². The summed E-state index contributed by atoms with van der Waals surface area (Å²) in [5.74, 6) is -0.339. The first kappa shape index (κ1) is 21.4. The third kappa shape index (κ3) is 9.87. The standard InChI is InChI=1S/C18H30O5/c1-5-14(3)16(20)12-10-8-7-9-11-15(4)18(21)23-17(6-2)22-13-19/h5,13,15,17H,6-12H2,1-4H3/b14-5+/t15?,17-/m1/s1. The zero-order valence-electron chi connectivity index (χ0n) is 14.8. The lowest BCUT2D eigenvalue weighted by atomic mass is 10.0. The lowest BCUT2D eigenvalue weighted by Gasteiger charge is -2.17. The van der Waals surface area contributed by atoms with Crippen LogP contribution < -0.4 is 0 Å². The highest BCUT2D eigenvalue weighted by Gasteiger charge is 2.19. The summed E-state index contributed by atoms with van der Waals surface area (Å²) in [4.78, 5) is 33.7. The second kappa shape index (κ2) is 12.9. The molecule has 0 fully saturated rings. The van der Waals surface area contributed by atoms with Gasteiger partial charge >= 0.3 is 5.97 Å². The number of carbonyl (C=O) groups is 3. The molecule has 0 aromatic rings. The van der Waals surface area contributed by atoms with Gasteiger partial charge in [0.1, 0.15) is 0 Å². The molecule has 0 aliphatic carbocycles. The van der Waals surface area contributed by atoms with Crippen LogP contribution in [0.5, 0.6) is 0 Å². The van der Waals surface area contributed by atoms with E-state index in [0.29, 0.717) is 19.3 Å². The predicted molar refractivity (Wildman–Crippen MR) is 88.6 cm³/mol. The highest BCUT2D eigenvalue weighted by atomic mass is 16.7. The summed E-state index contributed by atoms with van der Waals surface area (Å²) in [6.07, 6.45) is 6.59. The fraction of sp³-hybridized carbons (Fsp3) is 0.722. The maximum Gasteiger partial charge on any atom is 0.311 e. The molecule has 1 unspecified atom stereocenters. The summed E-state index contributed by atoms with van der Waals surface area (Å²) in [6.45, 7) is 7.60. The largest absolute Gasteiger partial charge is 0.427 e. The number of allylic oxidation sites excluding steroid dienone is 2. The van der Waals surface area contributed by atoms with Crippen molar-refractivity contribution in [3.8, 4) is 0 Å². The zero-order valence-corrected chi connectivity index (χ0v) is 14.8. The van der Waals surface area contributed by atoms with E-state index in [2.05, 4.69) is 4.74 Å². The number of unbranched alkanes of at least 4 members (excludes halogenated alkanes) is 3. The van der Waals surface area contributed by atoms with Crippen LogP contribution in [0.2, 0.25) is 0 Å². The fourth-order valence-electron chi connectivity index (χ4n) is 2.08. The molecule has 0 aliphatic heterocycles. The maximum absolute atomic E-state index is 11.8. The Labute approximate surface area is 139 Å². The van der Waals surface area contributed by atoms with Crippen molar-refractivity contribution in [3.63, 3.8) is 0 Å². The van der Waals surface area contributed by atoms with E-state index in [1.54, 1.807) is 6.92 Å². The molecule has 0 N–H and O–H groups in total. The third-order valence-electron chi connectivity index (χ3n) is 3.85. The number of carbonyl (C=O) groups excluding carboxylic acids is 3. The second-order valence-corrected chi connectivity index (χ2v) is 5.76. The average molecular weight is 326 g/mol. The van der Waals surface area contributed by atoms with E-state index >= 15 is 0 Å². The molecule has 0 aliphatic rings. The molecule has 0 radical (unpaired) electrons. The first-order valence-corrected chi connectivity index (χ1v) is 8.41. The van der Waals surface area contributed by atoms with Gasteiger partial charge in [-0.1, -0.05) is 39.2 Å². The summed E-state index contributed by atoms with van der Waals surface area (Å²) in [5.41, 5.74) is 0.824. The number of ether oxygens (including phenoxy) is 2. The SMILES string of the molecule is C/C=C(\C)C(=O)CCCCCCC(C)C(=O)O[C@H](CC)OC=O. The van der Waals surface area contributed by atoms with Crippen molar-refractivity contribution in [2.45, 2.75) is 78.9 Å². The topological polar surface area (TPSA) is 69.7 Å². The molecule has 23 heavy (non-hydrogen) atoms. The van der Waals surface area contributed by atoms with Crippen LogP contribution in [0.1, 0.15) is 72.6 Å². The Morgan fingerprint density at radius 1 is 1.13 bits per heavy atom. The maximum atomic E-state index is 11.8. The number of hydrogen-bond acceptors (Lipinski definition) is 5. The first-order chi connectivity index (χ1) is 11.0. The molecule has 0 aromatic carbocycles. The molecular formula is C18H30O5. The number of Topliss-reactive ketones (excluding diaryl/α,β-unsaturated/α-hetero) is 1. The van der Waals surface area contributed by atoms with Gasteiger partial charge in [-0.25, -0.2) is 0 Å². The Morgan fingerprint density at radius 3 is 2.35 bits per heavy atom. The summed E-state index contributed by atoms with van der Waals surface area (Å²) in [5, 5.41) is 0. The third-order valence-corrected chi connectivity index (χ3v) is 3.85. The molecule has 0 amide bonds. The number of hydrogen-bond donors (Lipinski definition) is 0. The van der Waals surface area contributed by atoms with Gasteiger partial charge in [0.25, 0.3) is 6.47 Å². The summed E-state index contributed by atoms with van der Waals surface area (Å²) >= 11 is 0. The lowest BCUT2D eigenvalue weighted by molar-refractivity contribution is -0.183. The van der Waals surface area contributed by atoms with E-state index in [4.69, 9.17) is 4.74 Å². The molecule has 0 rings (SSSR count). The van der Waals surface area contributed by atoms with Crippen LogP contribution in [0.3, 0.4) is 0 Å². The van der Waals surface area contributed by atoms with E-state index < -0.39 is 6.29 Å². The Morgan fingerprint density at radius 2 is 1.78 bits per heavy atom. The molecule has 5 heteroatoms. The smallest absolute Gasteiger partial charge is 0.311 e. The molecule has 132 valence electrons. The van der Waals surface area contributed by atoms with Crippen LogP contribution in [0.25, 0.3) is 0 Å². The van der Waals surface area contributed by atoms with Gasteiger partial charge in [0.05, 0.1) is 5.92 Å². The van der Waals surface area contributed by atoms with E-state index in [-0.39, 0.29) is 17.7 Å². The number of esters is 1. The average Bonchev–Trinajstić information content (AvgIpc) is 2.55. The molecule has 2 atom stereocenters. The van der Waals surface area contributed by atoms with Gasteiger partial charge in [-0.15, -0.1) is 0 Å². The summed E-state index contributed by atoms with van der Waals surface area (Å²) < 4.78 is 9.77. The van der Waals surface area contributed by atoms with Gasteiger partial charge in [-0.3, -0.25) is 14.4 Å². The molecular weight excluding hydrogens is 296 g/mol. The molecule has 0 saturated carbocycles. The van der Waals surface area contributed by atoms with Crippen molar-refractivity contribution in [2.24, 2.45) is 5.92 Å². The Bertz CT molecular complexity index is 400. The molecule has 5 nitrogen and oxygen atoms in total. The zero-order chi connectivity index (χ0) is 17.7. The summed E-state index contributed by atoms with van der Waals surface area (Å²) in [7, 11) is 0. The minimum atomic E-state index is -0.789. The quantitative estimate of drug-likeness (QED) is 0.168. The van der Waals surface area contributed by atoms with Crippen molar-refractivity contribution in [1.82, 2.24) is 0 Å². The van der Waals surface area contributed by atoms with Crippen LogP contribution in [-0.4, -0.2) is 24.5 Å². The monoisotopic (exact) mass is 326 g/mol. The van der Waals surface area contributed by atoms with Gasteiger partial charge in [-0.2, -0.15) is 0 Å². The molecule has 0 spiro atoms. The Kier molecular flexibility index (Phi) is 11.9. The normalized spacial score (nSPS) is 14.0. The van der Waals surface area contributed by atoms with Gasteiger partial charge in [0, 0.05) is 12.8 Å². The van der Waals surface area contributed by atoms with Crippen LogP contribution in [-0.2, 0) is 23.9 Å². The van der Waals surface area contributed by atoms with Crippen molar-refractivity contribution in [3.05, 3.63) is 11.6 Å². The van der Waals surface area contributed by atoms with Gasteiger partial charge in [-0.05, 0) is 32.3 Å². The van der Waals surface area contributed by atoms with E-state index in [0.717, 1.165) is 37.7 Å². The minimum absolute atomic E-state index is 0.213. The fourth-order valence-corrected chi connectivity index (χ4v) is 2.08. The number of rotatable bonds is 13. The van der Waals surface area contributed by atoms with Gasteiger partial charge < -0.3 is 9.47 Å². The molecule has 0 bridgehead atoms. The Hall–Kier alpha value is -1.65. The lowest BCUT2D eigenvalue weighted by Crippen LogP contribution is -2.24. The van der Waals surface area contributed by atoms with Gasteiger partial charge in [0.15, 0.2) is 5.78 Å². The van der Waals surface area contributed by atoms with Crippen molar-refractivity contribution < 1.29 is 23.9 Å². The van der Waals surface area contributed by atoms with Crippen LogP contribution >= 0.6 is 0 Å². The van der Waals surface area contributed by atoms with Crippen LogP contribution in [0.4, 0.5) is 0 Å². The van der Waals surface area contributed by atoms with Crippen molar-refractivity contribution in [1.29, 1.82) is 0 Å². The van der Waals surface area contributed by atoms with E-state index in [9.17, 15) is 14.4 Å². The second-order valence-electron chi connectivity index (χ2n) is 5.76. The van der Waals surface area contributed by atoms with Crippen LogP contribution in [0, 0.1) is 5.92 Å². The Balaban J connectivity index is 3.81. The predicted octanol–water partition coefficient (Wildman–Crippen LogP) is 3.95. The molecule has 0 heterocycles. The number of ketones is 1. The molecule has 0 aromatic heterocycles. The first-order valence-electron chi connectivity index (χ1n) is 8.41. The highest BCUT2D eigenvalue weighted by Crippen LogP contribution is 2.15. The summed E-state index contributed by atoms with van der Waals surface area (Å²) in [6, 6.07) is 0. The minimum Gasteiger partial charge on any atom is -0.427 e.